The van der Waals surface area contributed by atoms with Crippen molar-refractivity contribution in [3.05, 3.63) is 54.1 Å². The van der Waals surface area contributed by atoms with Crippen molar-refractivity contribution in [2.45, 2.75) is 25.2 Å². The number of benzene rings is 2. The van der Waals surface area contributed by atoms with E-state index >= 15 is 0 Å². The van der Waals surface area contributed by atoms with Crippen LogP contribution in [0.4, 0.5) is 11.4 Å². The van der Waals surface area contributed by atoms with Crippen LogP contribution in [0.1, 0.15) is 18.9 Å². The highest BCUT2D eigenvalue weighted by Gasteiger charge is 2.23. The van der Waals surface area contributed by atoms with Gasteiger partial charge in [-0.3, -0.25) is 4.31 Å². The SMILES string of the molecule is CCCN(c1ccc(N)cc1)S(=O)(=O)c1ccc(C)cc1. The lowest BCUT2D eigenvalue weighted by atomic mass is 10.2. The predicted octanol–water partition coefficient (Wildman–Crippen LogP) is 3.18. The topological polar surface area (TPSA) is 63.4 Å². The molecule has 2 aromatic carbocycles. The van der Waals surface area contributed by atoms with Gasteiger partial charge in [0.1, 0.15) is 0 Å². The molecule has 0 atom stereocenters. The molecule has 0 aromatic heterocycles. The van der Waals surface area contributed by atoms with Crippen LogP contribution in [-0.2, 0) is 10.0 Å². The zero-order valence-electron chi connectivity index (χ0n) is 12.3. The molecule has 0 fully saturated rings. The Labute approximate surface area is 126 Å². The third-order valence-electron chi connectivity index (χ3n) is 3.22. The van der Waals surface area contributed by atoms with Gasteiger partial charge in [0.15, 0.2) is 0 Å². The van der Waals surface area contributed by atoms with Crippen LogP contribution in [0, 0.1) is 6.92 Å². The number of sulfonamides is 1. The number of aryl methyl sites for hydroxylation is 1. The Bertz CT molecular complexity index is 692. The minimum atomic E-state index is -3.55. The molecule has 0 radical (unpaired) electrons. The van der Waals surface area contributed by atoms with Crippen LogP contribution in [-0.4, -0.2) is 15.0 Å². The molecule has 0 heterocycles. The smallest absolute Gasteiger partial charge is 0.264 e. The molecule has 0 unspecified atom stereocenters. The second kappa shape index (κ2) is 6.18. The van der Waals surface area contributed by atoms with Gasteiger partial charge in [-0.2, -0.15) is 0 Å². The first kappa shape index (κ1) is 15.4. The predicted molar refractivity (Wildman–Crippen MR) is 86.9 cm³/mol. The van der Waals surface area contributed by atoms with Crippen molar-refractivity contribution >= 4 is 21.4 Å². The van der Waals surface area contributed by atoms with E-state index in [-0.39, 0.29) is 0 Å². The standard InChI is InChI=1S/C16H20N2O2S/c1-3-12-18(15-8-6-14(17)7-9-15)21(19,20)16-10-4-13(2)5-11-16/h4-11H,3,12,17H2,1-2H3. The maximum absolute atomic E-state index is 12.8. The first-order valence-electron chi connectivity index (χ1n) is 6.90. The molecule has 0 saturated heterocycles. The quantitative estimate of drug-likeness (QED) is 0.863. The average molecular weight is 304 g/mol. The highest BCUT2D eigenvalue weighted by atomic mass is 32.2. The van der Waals surface area contributed by atoms with E-state index in [9.17, 15) is 8.42 Å². The normalized spacial score (nSPS) is 11.3. The van der Waals surface area contributed by atoms with E-state index < -0.39 is 10.0 Å². The number of anilines is 2. The summed E-state index contributed by atoms with van der Waals surface area (Å²) in [6.45, 7) is 4.31. The van der Waals surface area contributed by atoms with Gasteiger partial charge in [0.2, 0.25) is 0 Å². The zero-order valence-corrected chi connectivity index (χ0v) is 13.1. The fraction of sp³-hybridized carbons (Fsp3) is 0.250. The number of rotatable bonds is 5. The molecule has 21 heavy (non-hydrogen) atoms. The fourth-order valence-electron chi connectivity index (χ4n) is 2.07. The zero-order chi connectivity index (χ0) is 15.5. The summed E-state index contributed by atoms with van der Waals surface area (Å²) in [5.41, 5.74) is 7.95. The minimum absolute atomic E-state index is 0.304. The molecule has 0 aliphatic heterocycles. The van der Waals surface area contributed by atoms with Gasteiger partial charge in [-0.15, -0.1) is 0 Å². The van der Waals surface area contributed by atoms with Crippen molar-refractivity contribution in [3.8, 4) is 0 Å². The Morgan fingerprint density at radius 3 is 2.10 bits per heavy atom. The monoisotopic (exact) mass is 304 g/mol. The maximum atomic E-state index is 12.8. The van der Waals surface area contributed by atoms with Crippen LogP contribution >= 0.6 is 0 Å². The van der Waals surface area contributed by atoms with Crippen LogP contribution < -0.4 is 10.0 Å². The van der Waals surface area contributed by atoms with Crippen molar-refractivity contribution in [2.24, 2.45) is 0 Å². The van der Waals surface area contributed by atoms with Crippen molar-refractivity contribution in [2.75, 3.05) is 16.6 Å². The highest BCUT2D eigenvalue weighted by Crippen LogP contribution is 2.25. The third kappa shape index (κ3) is 3.36. The Hall–Kier alpha value is -2.01. The van der Waals surface area contributed by atoms with E-state index in [1.54, 1.807) is 48.5 Å². The van der Waals surface area contributed by atoms with Crippen molar-refractivity contribution < 1.29 is 8.42 Å². The van der Waals surface area contributed by atoms with Gasteiger partial charge >= 0.3 is 0 Å². The van der Waals surface area contributed by atoms with Crippen molar-refractivity contribution in [3.63, 3.8) is 0 Å². The van der Waals surface area contributed by atoms with E-state index in [4.69, 9.17) is 5.73 Å². The summed E-state index contributed by atoms with van der Waals surface area (Å²) in [5.74, 6) is 0. The molecular weight excluding hydrogens is 284 g/mol. The van der Waals surface area contributed by atoms with E-state index in [0.717, 1.165) is 12.0 Å². The molecule has 112 valence electrons. The highest BCUT2D eigenvalue weighted by molar-refractivity contribution is 7.92. The van der Waals surface area contributed by atoms with Gasteiger partial charge in [-0.25, -0.2) is 8.42 Å². The van der Waals surface area contributed by atoms with Crippen molar-refractivity contribution in [1.82, 2.24) is 0 Å². The first-order valence-corrected chi connectivity index (χ1v) is 8.34. The number of nitrogen functional groups attached to an aromatic ring is 1. The minimum Gasteiger partial charge on any atom is -0.399 e. The van der Waals surface area contributed by atoms with Gasteiger partial charge in [0.05, 0.1) is 10.6 Å². The van der Waals surface area contributed by atoms with Gasteiger partial charge in [-0.1, -0.05) is 24.6 Å². The Morgan fingerprint density at radius 2 is 1.57 bits per heavy atom. The lowest BCUT2D eigenvalue weighted by Gasteiger charge is -2.24. The maximum Gasteiger partial charge on any atom is 0.264 e. The molecule has 5 heteroatoms. The summed E-state index contributed by atoms with van der Waals surface area (Å²) in [5, 5.41) is 0. The van der Waals surface area contributed by atoms with Crippen LogP contribution in [0.25, 0.3) is 0 Å². The molecule has 4 nitrogen and oxygen atoms in total. The Kier molecular flexibility index (Phi) is 4.53. The first-order chi connectivity index (χ1) is 9.95. The fourth-order valence-corrected chi connectivity index (χ4v) is 3.63. The van der Waals surface area contributed by atoms with Crippen molar-refractivity contribution in [1.29, 1.82) is 0 Å². The van der Waals surface area contributed by atoms with Crippen LogP contribution in [0.15, 0.2) is 53.4 Å². The number of hydrogen-bond acceptors (Lipinski definition) is 3. The lowest BCUT2D eigenvalue weighted by molar-refractivity contribution is 0.590. The lowest BCUT2D eigenvalue weighted by Crippen LogP contribution is -2.31. The number of nitrogens with two attached hydrogens (primary N) is 1. The van der Waals surface area contributed by atoms with E-state index in [1.165, 1.54) is 4.31 Å². The van der Waals surface area contributed by atoms with Gasteiger partial charge in [0.25, 0.3) is 10.0 Å². The molecule has 0 bridgehead atoms. The van der Waals surface area contributed by atoms with E-state index in [2.05, 4.69) is 0 Å². The molecule has 2 N–H and O–H groups in total. The van der Waals surface area contributed by atoms with E-state index in [0.29, 0.717) is 22.8 Å². The third-order valence-corrected chi connectivity index (χ3v) is 5.06. The van der Waals surface area contributed by atoms with Gasteiger partial charge in [-0.05, 0) is 49.7 Å². The second-order valence-corrected chi connectivity index (χ2v) is 6.84. The van der Waals surface area contributed by atoms with Gasteiger partial charge in [0, 0.05) is 12.2 Å². The summed E-state index contributed by atoms with van der Waals surface area (Å²) in [7, 11) is -3.55. The summed E-state index contributed by atoms with van der Waals surface area (Å²) < 4.78 is 27.1. The molecule has 2 aromatic rings. The second-order valence-electron chi connectivity index (χ2n) is 4.98. The molecule has 0 amide bonds. The summed E-state index contributed by atoms with van der Waals surface area (Å²) in [6.07, 6.45) is 0.732. The molecule has 0 aliphatic carbocycles. The molecular formula is C16H20N2O2S. The molecule has 0 aliphatic rings. The summed E-state index contributed by atoms with van der Waals surface area (Å²) in [4.78, 5) is 0.304. The van der Waals surface area contributed by atoms with Gasteiger partial charge < -0.3 is 5.73 Å². The van der Waals surface area contributed by atoms with E-state index in [1.807, 2.05) is 13.8 Å². The largest absolute Gasteiger partial charge is 0.399 e. The number of nitrogens with zero attached hydrogens (tertiary/aromatic N) is 1. The summed E-state index contributed by atoms with van der Waals surface area (Å²) >= 11 is 0. The Balaban J connectivity index is 2.45. The molecule has 0 spiro atoms. The van der Waals surface area contributed by atoms with Crippen LogP contribution in [0.2, 0.25) is 0 Å². The molecule has 0 saturated carbocycles. The van der Waals surface area contributed by atoms with Crippen LogP contribution in [0.5, 0.6) is 0 Å². The summed E-state index contributed by atoms with van der Waals surface area (Å²) in [6, 6.07) is 13.8. The molecule has 2 rings (SSSR count). The van der Waals surface area contributed by atoms with Crippen LogP contribution in [0.3, 0.4) is 0 Å². The average Bonchev–Trinajstić information content (AvgIpc) is 2.46. The number of hydrogen-bond donors (Lipinski definition) is 1. The Morgan fingerprint density at radius 1 is 1.00 bits per heavy atom.